The standard InChI is InChI=1S/C17H20ClN3O/c1-12-4-7-14(18)10-16(12)20-17(22)19-11-13-5-8-15(9-6-13)21(2)3/h4-10H,11H2,1-3H3,(H2,19,20,22). The summed E-state index contributed by atoms with van der Waals surface area (Å²) < 4.78 is 0. The molecule has 0 spiro atoms. The first-order valence-corrected chi connectivity index (χ1v) is 7.41. The summed E-state index contributed by atoms with van der Waals surface area (Å²) >= 11 is 5.94. The Labute approximate surface area is 136 Å². The molecule has 0 saturated heterocycles. The molecule has 0 aromatic heterocycles. The van der Waals surface area contributed by atoms with Crippen molar-refractivity contribution in [3.63, 3.8) is 0 Å². The van der Waals surface area contributed by atoms with Gasteiger partial charge in [-0.1, -0.05) is 29.8 Å². The van der Waals surface area contributed by atoms with E-state index in [1.807, 2.05) is 56.3 Å². The molecule has 0 atom stereocenters. The quantitative estimate of drug-likeness (QED) is 0.894. The molecule has 2 aromatic rings. The third-order valence-corrected chi connectivity index (χ3v) is 3.59. The van der Waals surface area contributed by atoms with Gasteiger partial charge in [0.2, 0.25) is 0 Å². The number of rotatable bonds is 4. The maximum atomic E-state index is 12.0. The zero-order valence-electron chi connectivity index (χ0n) is 13.0. The normalized spacial score (nSPS) is 10.2. The van der Waals surface area contributed by atoms with Gasteiger partial charge in [0, 0.05) is 37.0 Å². The number of urea groups is 1. The largest absolute Gasteiger partial charge is 0.378 e. The highest BCUT2D eigenvalue weighted by Gasteiger charge is 2.05. The van der Waals surface area contributed by atoms with Gasteiger partial charge in [0.15, 0.2) is 0 Å². The highest BCUT2D eigenvalue weighted by Crippen LogP contribution is 2.20. The second-order valence-corrected chi connectivity index (χ2v) is 5.76. The van der Waals surface area contributed by atoms with Gasteiger partial charge >= 0.3 is 6.03 Å². The molecule has 2 rings (SSSR count). The van der Waals surface area contributed by atoms with Crippen molar-refractivity contribution in [2.24, 2.45) is 0 Å². The van der Waals surface area contributed by atoms with Crippen molar-refractivity contribution in [1.29, 1.82) is 0 Å². The van der Waals surface area contributed by atoms with Gasteiger partial charge in [-0.25, -0.2) is 4.79 Å². The molecule has 2 aromatic carbocycles. The summed E-state index contributed by atoms with van der Waals surface area (Å²) in [6.45, 7) is 2.39. The number of hydrogen-bond donors (Lipinski definition) is 2. The molecule has 0 saturated carbocycles. The Balaban J connectivity index is 1.91. The third-order valence-electron chi connectivity index (χ3n) is 3.35. The van der Waals surface area contributed by atoms with Crippen LogP contribution in [-0.2, 0) is 6.54 Å². The van der Waals surface area contributed by atoms with Crippen LogP contribution < -0.4 is 15.5 Å². The summed E-state index contributed by atoms with van der Waals surface area (Å²) in [6.07, 6.45) is 0. The van der Waals surface area contributed by atoms with E-state index in [1.165, 1.54) is 0 Å². The summed E-state index contributed by atoms with van der Waals surface area (Å²) in [5, 5.41) is 6.24. The second kappa shape index (κ2) is 7.18. The van der Waals surface area contributed by atoms with Crippen molar-refractivity contribution >= 4 is 29.0 Å². The van der Waals surface area contributed by atoms with Crippen molar-refractivity contribution in [3.8, 4) is 0 Å². The van der Waals surface area contributed by atoms with E-state index < -0.39 is 0 Å². The molecule has 2 N–H and O–H groups in total. The topological polar surface area (TPSA) is 44.4 Å². The Bertz CT molecular complexity index is 653. The lowest BCUT2D eigenvalue weighted by Crippen LogP contribution is -2.28. The molecule has 0 unspecified atom stereocenters. The number of benzene rings is 2. The van der Waals surface area contributed by atoms with Crippen molar-refractivity contribution in [3.05, 3.63) is 58.6 Å². The average molecular weight is 318 g/mol. The van der Waals surface area contributed by atoms with Crippen LogP contribution in [0, 0.1) is 6.92 Å². The molecular weight excluding hydrogens is 298 g/mol. The molecule has 5 heteroatoms. The van der Waals surface area contributed by atoms with E-state index in [1.54, 1.807) is 12.1 Å². The molecule has 2 amide bonds. The van der Waals surface area contributed by atoms with Crippen LogP contribution in [0.4, 0.5) is 16.2 Å². The maximum Gasteiger partial charge on any atom is 0.319 e. The molecule has 0 bridgehead atoms. The molecule has 0 radical (unpaired) electrons. The Kier molecular flexibility index (Phi) is 5.28. The SMILES string of the molecule is Cc1ccc(Cl)cc1NC(=O)NCc1ccc(N(C)C)cc1. The number of carbonyl (C=O) groups excluding carboxylic acids is 1. The van der Waals surface area contributed by atoms with Gasteiger partial charge in [-0.15, -0.1) is 0 Å². The smallest absolute Gasteiger partial charge is 0.319 e. The number of halogens is 1. The van der Waals surface area contributed by atoms with Gasteiger partial charge in [0.1, 0.15) is 0 Å². The monoisotopic (exact) mass is 317 g/mol. The fraction of sp³-hybridized carbons (Fsp3) is 0.235. The molecule has 0 aliphatic rings. The van der Waals surface area contributed by atoms with E-state index in [2.05, 4.69) is 10.6 Å². The first-order chi connectivity index (χ1) is 10.5. The van der Waals surface area contributed by atoms with Crippen LogP contribution in [-0.4, -0.2) is 20.1 Å². The lowest BCUT2D eigenvalue weighted by atomic mass is 10.2. The first kappa shape index (κ1) is 16.2. The number of nitrogens with one attached hydrogen (secondary N) is 2. The van der Waals surface area contributed by atoms with Crippen LogP contribution in [0.1, 0.15) is 11.1 Å². The summed E-state index contributed by atoms with van der Waals surface area (Å²) in [5.74, 6) is 0. The lowest BCUT2D eigenvalue weighted by molar-refractivity contribution is 0.251. The van der Waals surface area contributed by atoms with E-state index in [0.29, 0.717) is 17.3 Å². The second-order valence-electron chi connectivity index (χ2n) is 5.33. The van der Waals surface area contributed by atoms with Crippen LogP contribution in [0.15, 0.2) is 42.5 Å². The van der Waals surface area contributed by atoms with Crippen LogP contribution in [0.5, 0.6) is 0 Å². The molecule has 0 aliphatic carbocycles. The molecule has 0 aliphatic heterocycles. The number of amides is 2. The van der Waals surface area contributed by atoms with Gasteiger partial charge in [-0.3, -0.25) is 0 Å². The van der Waals surface area contributed by atoms with E-state index in [-0.39, 0.29) is 6.03 Å². The van der Waals surface area contributed by atoms with Crippen LogP contribution in [0.2, 0.25) is 5.02 Å². The summed E-state index contributed by atoms with van der Waals surface area (Å²) in [5.41, 5.74) is 3.86. The Hall–Kier alpha value is -2.20. The fourth-order valence-electron chi connectivity index (χ4n) is 1.99. The summed E-state index contributed by atoms with van der Waals surface area (Å²) in [6, 6.07) is 13.2. The molecule has 116 valence electrons. The minimum atomic E-state index is -0.248. The van der Waals surface area contributed by atoms with Crippen LogP contribution >= 0.6 is 11.6 Å². The van der Waals surface area contributed by atoms with Crippen molar-refractivity contribution in [2.75, 3.05) is 24.3 Å². The highest BCUT2D eigenvalue weighted by atomic mass is 35.5. The number of hydrogen-bond acceptors (Lipinski definition) is 2. The zero-order valence-corrected chi connectivity index (χ0v) is 13.7. The van der Waals surface area contributed by atoms with E-state index >= 15 is 0 Å². The number of nitrogens with zero attached hydrogens (tertiary/aromatic N) is 1. The maximum absolute atomic E-state index is 12.0. The van der Waals surface area contributed by atoms with Gasteiger partial charge in [0.25, 0.3) is 0 Å². The average Bonchev–Trinajstić information content (AvgIpc) is 2.49. The van der Waals surface area contributed by atoms with Gasteiger partial charge in [-0.05, 0) is 42.3 Å². The van der Waals surface area contributed by atoms with Gasteiger partial charge < -0.3 is 15.5 Å². The summed E-state index contributed by atoms with van der Waals surface area (Å²) in [4.78, 5) is 14.0. The van der Waals surface area contributed by atoms with Gasteiger partial charge in [0.05, 0.1) is 0 Å². The molecule has 22 heavy (non-hydrogen) atoms. The Morgan fingerprint density at radius 1 is 1.14 bits per heavy atom. The highest BCUT2D eigenvalue weighted by molar-refractivity contribution is 6.31. The first-order valence-electron chi connectivity index (χ1n) is 7.03. The van der Waals surface area contributed by atoms with Crippen LogP contribution in [0.3, 0.4) is 0 Å². The van der Waals surface area contributed by atoms with Crippen molar-refractivity contribution in [2.45, 2.75) is 13.5 Å². The fourth-order valence-corrected chi connectivity index (χ4v) is 2.16. The van der Waals surface area contributed by atoms with Gasteiger partial charge in [-0.2, -0.15) is 0 Å². The summed E-state index contributed by atoms with van der Waals surface area (Å²) in [7, 11) is 3.99. The Morgan fingerprint density at radius 2 is 1.82 bits per heavy atom. The minimum absolute atomic E-state index is 0.248. The number of carbonyl (C=O) groups is 1. The zero-order chi connectivity index (χ0) is 16.1. The predicted molar refractivity (Wildman–Crippen MR) is 92.8 cm³/mol. The van der Waals surface area contributed by atoms with Crippen molar-refractivity contribution in [1.82, 2.24) is 5.32 Å². The van der Waals surface area contributed by atoms with E-state index in [9.17, 15) is 4.79 Å². The molecular formula is C17H20ClN3O. The van der Waals surface area contributed by atoms with Crippen LogP contribution in [0.25, 0.3) is 0 Å². The van der Waals surface area contributed by atoms with E-state index in [0.717, 1.165) is 16.8 Å². The van der Waals surface area contributed by atoms with Crippen molar-refractivity contribution < 1.29 is 4.79 Å². The lowest BCUT2D eigenvalue weighted by Gasteiger charge is -2.13. The van der Waals surface area contributed by atoms with E-state index in [4.69, 9.17) is 11.6 Å². The molecule has 0 heterocycles. The molecule has 0 fully saturated rings. The molecule has 4 nitrogen and oxygen atoms in total. The number of anilines is 2. The number of aryl methyl sites for hydroxylation is 1. The Morgan fingerprint density at radius 3 is 2.45 bits per heavy atom. The minimum Gasteiger partial charge on any atom is -0.378 e. The predicted octanol–water partition coefficient (Wildman–Crippen LogP) is 4.04. The third kappa shape index (κ3) is 4.40.